The Morgan fingerprint density at radius 3 is 2.79 bits per heavy atom. The summed E-state index contributed by atoms with van der Waals surface area (Å²) in [5, 5.41) is 0.869. The third-order valence-electron chi connectivity index (χ3n) is 2.95. The molecule has 0 atom stereocenters. The number of hydrogen-bond acceptors (Lipinski definition) is 3. The SMILES string of the molecule is COc1ccc(F)cc1-c1nccc2ncccc12. The van der Waals surface area contributed by atoms with Gasteiger partial charge in [-0.2, -0.15) is 0 Å². The molecule has 0 fully saturated rings. The Balaban J connectivity index is 2.33. The van der Waals surface area contributed by atoms with E-state index >= 15 is 0 Å². The summed E-state index contributed by atoms with van der Waals surface area (Å²) in [6.45, 7) is 0. The maximum absolute atomic E-state index is 13.5. The third-order valence-corrected chi connectivity index (χ3v) is 2.95. The highest BCUT2D eigenvalue weighted by Crippen LogP contribution is 2.33. The fourth-order valence-electron chi connectivity index (χ4n) is 2.08. The van der Waals surface area contributed by atoms with Crippen molar-refractivity contribution in [3.63, 3.8) is 0 Å². The van der Waals surface area contributed by atoms with Gasteiger partial charge in [-0.3, -0.25) is 9.97 Å². The van der Waals surface area contributed by atoms with E-state index in [1.54, 1.807) is 25.6 Å². The first-order valence-corrected chi connectivity index (χ1v) is 5.83. The lowest BCUT2D eigenvalue weighted by molar-refractivity contribution is 0.415. The van der Waals surface area contributed by atoms with Crippen LogP contribution in [0, 0.1) is 5.82 Å². The van der Waals surface area contributed by atoms with Crippen LogP contribution in [0.25, 0.3) is 22.2 Å². The summed E-state index contributed by atoms with van der Waals surface area (Å²) in [7, 11) is 1.56. The molecule has 3 nitrogen and oxygen atoms in total. The largest absolute Gasteiger partial charge is 0.496 e. The number of methoxy groups -OCH3 is 1. The number of benzene rings is 1. The average Bonchev–Trinajstić information content (AvgIpc) is 2.46. The maximum Gasteiger partial charge on any atom is 0.128 e. The quantitative estimate of drug-likeness (QED) is 0.702. The number of halogens is 1. The Kier molecular flexibility index (Phi) is 2.83. The Bertz CT molecular complexity index is 738. The first-order valence-electron chi connectivity index (χ1n) is 5.83. The van der Waals surface area contributed by atoms with Crippen molar-refractivity contribution in [2.24, 2.45) is 0 Å². The molecule has 4 heteroatoms. The molecule has 19 heavy (non-hydrogen) atoms. The number of aromatic nitrogens is 2. The van der Waals surface area contributed by atoms with Gasteiger partial charge >= 0.3 is 0 Å². The van der Waals surface area contributed by atoms with Crippen LogP contribution in [0.3, 0.4) is 0 Å². The molecule has 0 aliphatic heterocycles. The van der Waals surface area contributed by atoms with Crippen molar-refractivity contribution in [1.29, 1.82) is 0 Å². The van der Waals surface area contributed by atoms with Gasteiger partial charge in [0.15, 0.2) is 0 Å². The zero-order valence-electron chi connectivity index (χ0n) is 10.3. The molecule has 0 bridgehead atoms. The lowest BCUT2D eigenvalue weighted by Crippen LogP contribution is -1.93. The molecule has 0 spiro atoms. The number of rotatable bonds is 2. The minimum atomic E-state index is -0.321. The molecule has 0 saturated carbocycles. The molecule has 0 amide bonds. The summed E-state index contributed by atoms with van der Waals surface area (Å²) >= 11 is 0. The number of fused-ring (bicyclic) bond motifs is 1. The maximum atomic E-state index is 13.5. The van der Waals surface area contributed by atoms with E-state index in [-0.39, 0.29) is 5.82 Å². The predicted octanol–water partition coefficient (Wildman–Crippen LogP) is 3.44. The van der Waals surface area contributed by atoms with E-state index in [0.717, 1.165) is 10.9 Å². The predicted molar refractivity (Wildman–Crippen MR) is 71.5 cm³/mol. The summed E-state index contributed by atoms with van der Waals surface area (Å²) in [6.07, 6.45) is 3.38. The molecule has 0 saturated heterocycles. The van der Waals surface area contributed by atoms with Crippen LogP contribution < -0.4 is 4.74 Å². The number of ether oxygens (including phenoxy) is 1. The van der Waals surface area contributed by atoms with E-state index in [1.165, 1.54) is 12.1 Å². The van der Waals surface area contributed by atoms with Gasteiger partial charge < -0.3 is 4.74 Å². The summed E-state index contributed by atoms with van der Waals surface area (Å²) < 4.78 is 18.7. The van der Waals surface area contributed by atoms with Gasteiger partial charge in [-0.05, 0) is 36.4 Å². The molecule has 0 aliphatic carbocycles. The zero-order chi connectivity index (χ0) is 13.2. The van der Waals surface area contributed by atoms with E-state index in [0.29, 0.717) is 17.0 Å². The second kappa shape index (κ2) is 4.65. The van der Waals surface area contributed by atoms with E-state index in [1.807, 2.05) is 18.2 Å². The van der Waals surface area contributed by atoms with Gasteiger partial charge in [0.1, 0.15) is 11.6 Å². The molecule has 0 unspecified atom stereocenters. The molecule has 1 aromatic carbocycles. The molecule has 94 valence electrons. The van der Waals surface area contributed by atoms with Crippen molar-refractivity contribution in [2.45, 2.75) is 0 Å². The van der Waals surface area contributed by atoms with Crippen LogP contribution in [-0.2, 0) is 0 Å². The molecule has 3 rings (SSSR count). The van der Waals surface area contributed by atoms with Gasteiger partial charge in [0, 0.05) is 23.3 Å². The number of pyridine rings is 2. The lowest BCUT2D eigenvalue weighted by atomic mass is 10.1. The van der Waals surface area contributed by atoms with E-state index < -0.39 is 0 Å². The second-order valence-corrected chi connectivity index (χ2v) is 4.07. The molecule has 0 aliphatic rings. The van der Waals surface area contributed by atoms with Crippen molar-refractivity contribution in [3.05, 3.63) is 54.6 Å². The van der Waals surface area contributed by atoms with Gasteiger partial charge in [-0.1, -0.05) is 0 Å². The minimum Gasteiger partial charge on any atom is -0.496 e. The monoisotopic (exact) mass is 254 g/mol. The minimum absolute atomic E-state index is 0.321. The van der Waals surface area contributed by atoms with Gasteiger partial charge in [0.05, 0.1) is 18.3 Å². The highest BCUT2D eigenvalue weighted by atomic mass is 19.1. The van der Waals surface area contributed by atoms with Gasteiger partial charge in [-0.25, -0.2) is 4.39 Å². The van der Waals surface area contributed by atoms with Gasteiger partial charge in [-0.15, -0.1) is 0 Å². The topological polar surface area (TPSA) is 35.0 Å². The Labute approximate surface area is 109 Å². The molecule has 2 heterocycles. The van der Waals surface area contributed by atoms with Crippen LogP contribution in [0.15, 0.2) is 48.8 Å². The molecular weight excluding hydrogens is 243 g/mol. The Morgan fingerprint density at radius 2 is 1.95 bits per heavy atom. The average molecular weight is 254 g/mol. The van der Waals surface area contributed by atoms with Crippen molar-refractivity contribution < 1.29 is 9.13 Å². The standard InChI is InChI=1S/C15H11FN2O/c1-19-14-5-4-10(16)9-12(14)15-11-3-2-7-17-13(11)6-8-18-15/h2-9H,1H3. The first kappa shape index (κ1) is 11.6. The second-order valence-electron chi connectivity index (χ2n) is 4.07. The van der Waals surface area contributed by atoms with Crippen LogP contribution in [0.1, 0.15) is 0 Å². The molecule has 0 N–H and O–H groups in total. The van der Waals surface area contributed by atoms with Crippen molar-refractivity contribution in [3.8, 4) is 17.0 Å². The smallest absolute Gasteiger partial charge is 0.128 e. The number of nitrogens with zero attached hydrogens (tertiary/aromatic N) is 2. The summed E-state index contributed by atoms with van der Waals surface area (Å²) in [4.78, 5) is 8.61. The van der Waals surface area contributed by atoms with E-state index in [4.69, 9.17) is 4.74 Å². The van der Waals surface area contributed by atoms with E-state index in [2.05, 4.69) is 9.97 Å². The molecule has 0 radical (unpaired) electrons. The fourth-order valence-corrected chi connectivity index (χ4v) is 2.08. The van der Waals surface area contributed by atoms with Crippen LogP contribution in [0.2, 0.25) is 0 Å². The van der Waals surface area contributed by atoms with Crippen molar-refractivity contribution >= 4 is 10.9 Å². The summed E-state index contributed by atoms with van der Waals surface area (Å²) in [5.74, 6) is 0.267. The van der Waals surface area contributed by atoms with Crippen LogP contribution in [-0.4, -0.2) is 17.1 Å². The van der Waals surface area contributed by atoms with Crippen molar-refractivity contribution in [2.75, 3.05) is 7.11 Å². The van der Waals surface area contributed by atoms with E-state index in [9.17, 15) is 4.39 Å². The fraction of sp³-hybridized carbons (Fsp3) is 0.0667. The Hall–Kier alpha value is -2.49. The molecule has 2 aromatic heterocycles. The van der Waals surface area contributed by atoms with Crippen molar-refractivity contribution in [1.82, 2.24) is 9.97 Å². The highest BCUT2D eigenvalue weighted by Gasteiger charge is 2.12. The summed E-state index contributed by atoms with van der Waals surface area (Å²) in [6, 6.07) is 9.96. The van der Waals surface area contributed by atoms with Crippen LogP contribution in [0.5, 0.6) is 5.75 Å². The van der Waals surface area contributed by atoms with Crippen LogP contribution in [0.4, 0.5) is 4.39 Å². The first-order chi connectivity index (χ1) is 9.29. The van der Waals surface area contributed by atoms with Crippen LogP contribution >= 0.6 is 0 Å². The number of hydrogen-bond donors (Lipinski definition) is 0. The Morgan fingerprint density at radius 1 is 1.05 bits per heavy atom. The zero-order valence-corrected chi connectivity index (χ0v) is 10.3. The third kappa shape index (κ3) is 2.01. The van der Waals surface area contributed by atoms with Gasteiger partial charge in [0.25, 0.3) is 0 Å². The normalized spacial score (nSPS) is 10.6. The molecular formula is C15H11FN2O. The lowest BCUT2D eigenvalue weighted by Gasteiger charge is -2.10. The summed E-state index contributed by atoms with van der Waals surface area (Å²) in [5.41, 5.74) is 2.11. The van der Waals surface area contributed by atoms with Gasteiger partial charge in [0.2, 0.25) is 0 Å². The molecule has 3 aromatic rings. The highest BCUT2D eigenvalue weighted by molar-refractivity contribution is 5.93.